The molecule has 0 saturated heterocycles. The first-order chi connectivity index (χ1) is 5.46. The molecule has 1 rings (SSSR count). The minimum Gasteiger partial charge on any atom is -0.390 e. The second-order valence-corrected chi connectivity index (χ2v) is 3.27. The summed E-state index contributed by atoms with van der Waals surface area (Å²) in [6.07, 6.45) is -7.85. The second-order valence-electron chi connectivity index (χ2n) is 3.27. The van der Waals surface area contributed by atoms with Crippen LogP contribution in [0.4, 0.5) is 4.39 Å². The summed E-state index contributed by atoms with van der Waals surface area (Å²) in [6.45, 7) is 1.44. The number of aliphatic hydroxyl groups is 4. The van der Waals surface area contributed by atoms with E-state index in [9.17, 15) is 4.39 Å². The summed E-state index contributed by atoms with van der Waals surface area (Å²) in [5.74, 6) is -0.720. The van der Waals surface area contributed by atoms with Crippen molar-refractivity contribution in [2.24, 2.45) is 5.92 Å². The third-order valence-electron chi connectivity index (χ3n) is 2.43. The number of alkyl halides is 1. The van der Waals surface area contributed by atoms with Crippen molar-refractivity contribution >= 4 is 0 Å². The third kappa shape index (κ3) is 1.33. The molecule has 72 valence electrons. The van der Waals surface area contributed by atoms with Gasteiger partial charge in [0.05, 0.1) is 12.2 Å². The van der Waals surface area contributed by atoms with Crippen molar-refractivity contribution in [1.29, 1.82) is 0 Å². The zero-order chi connectivity index (χ0) is 9.46. The van der Waals surface area contributed by atoms with E-state index in [0.29, 0.717) is 0 Å². The summed E-state index contributed by atoms with van der Waals surface area (Å²) in [6, 6.07) is 0. The lowest BCUT2D eigenvalue weighted by Crippen LogP contribution is -2.58. The average molecular weight is 179 g/mol. The standard InChI is InChI=1S/C7H13FO4/c1-2-4(9)6(11)3(8)7(12)5(2)10/h2-7,9-12H,1H3/t2-,3-,4?,5?,6-,7?/m0/s1/i8-1. The number of hydrogen-bond donors (Lipinski definition) is 4. The molecule has 3 unspecified atom stereocenters. The molecule has 0 amide bonds. The first-order valence-electron chi connectivity index (χ1n) is 3.83. The Kier molecular flexibility index (Phi) is 2.67. The van der Waals surface area contributed by atoms with Gasteiger partial charge in [0.15, 0.2) is 6.17 Å². The Balaban J connectivity index is 2.76. The van der Waals surface area contributed by atoms with E-state index < -0.39 is 36.5 Å². The highest BCUT2D eigenvalue weighted by Gasteiger charge is 2.47. The van der Waals surface area contributed by atoms with Gasteiger partial charge in [-0.05, 0) is 0 Å². The maximum absolute atomic E-state index is 12.8. The fourth-order valence-electron chi connectivity index (χ4n) is 1.40. The van der Waals surface area contributed by atoms with Crippen molar-refractivity contribution in [3.63, 3.8) is 0 Å². The van der Waals surface area contributed by atoms with Gasteiger partial charge in [-0.3, -0.25) is 0 Å². The average Bonchev–Trinajstić information content (AvgIpc) is 2.08. The predicted octanol–water partition coefficient (Wildman–Crippen LogP) is -1.58. The molecule has 1 aliphatic carbocycles. The van der Waals surface area contributed by atoms with Crippen LogP contribution in [-0.2, 0) is 0 Å². The van der Waals surface area contributed by atoms with Crippen LogP contribution in [-0.4, -0.2) is 51.0 Å². The van der Waals surface area contributed by atoms with Crippen LogP contribution in [0.1, 0.15) is 6.92 Å². The van der Waals surface area contributed by atoms with Gasteiger partial charge in [0.1, 0.15) is 12.2 Å². The number of hydrogen-bond acceptors (Lipinski definition) is 4. The van der Waals surface area contributed by atoms with Crippen LogP contribution in [0, 0.1) is 5.92 Å². The molecule has 0 aromatic heterocycles. The van der Waals surface area contributed by atoms with Crippen LogP contribution >= 0.6 is 0 Å². The zero-order valence-corrected chi connectivity index (χ0v) is 6.63. The lowest BCUT2D eigenvalue weighted by Gasteiger charge is -2.39. The predicted molar refractivity (Wildman–Crippen MR) is 38.1 cm³/mol. The van der Waals surface area contributed by atoms with Crippen LogP contribution in [0.3, 0.4) is 0 Å². The van der Waals surface area contributed by atoms with Crippen LogP contribution in [0.2, 0.25) is 0 Å². The smallest absolute Gasteiger partial charge is 0.157 e. The van der Waals surface area contributed by atoms with Crippen molar-refractivity contribution < 1.29 is 24.8 Å². The van der Waals surface area contributed by atoms with Gasteiger partial charge >= 0.3 is 0 Å². The van der Waals surface area contributed by atoms with E-state index >= 15 is 0 Å². The molecule has 0 spiro atoms. The van der Waals surface area contributed by atoms with Gasteiger partial charge < -0.3 is 20.4 Å². The molecule has 0 aromatic carbocycles. The van der Waals surface area contributed by atoms with E-state index in [1.54, 1.807) is 0 Å². The van der Waals surface area contributed by atoms with Gasteiger partial charge in [0, 0.05) is 5.92 Å². The summed E-state index contributed by atoms with van der Waals surface area (Å²) in [4.78, 5) is 0. The molecule has 0 heterocycles. The van der Waals surface area contributed by atoms with E-state index in [4.69, 9.17) is 20.4 Å². The molecule has 5 heteroatoms. The molecule has 0 aromatic rings. The van der Waals surface area contributed by atoms with Crippen molar-refractivity contribution in [1.82, 2.24) is 0 Å². The summed E-state index contributed by atoms with van der Waals surface area (Å²) in [5, 5.41) is 36.3. The highest BCUT2D eigenvalue weighted by atomic mass is 18.2. The van der Waals surface area contributed by atoms with Crippen molar-refractivity contribution in [3.8, 4) is 0 Å². The van der Waals surface area contributed by atoms with Gasteiger partial charge in [-0.2, -0.15) is 0 Å². The Bertz CT molecular complexity index is 107. The summed E-state index contributed by atoms with van der Waals surface area (Å²) in [7, 11) is 0. The molecule has 1 fully saturated rings. The quantitative estimate of drug-likeness (QED) is 0.362. The Morgan fingerprint density at radius 3 is 1.50 bits per heavy atom. The molecule has 1 aliphatic rings. The molecule has 0 aliphatic heterocycles. The highest BCUT2D eigenvalue weighted by molar-refractivity contribution is 4.96. The summed E-state index contributed by atoms with van der Waals surface area (Å²) in [5.41, 5.74) is 0. The lowest BCUT2D eigenvalue weighted by molar-refractivity contribution is -0.179. The Morgan fingerprint density at radius 2 is 1.17 bits per heavy atom. The minimum atomic E-state index is -1.98. The normalized spacial score (nSPS) is 55.5. The van der Waals surface area contributed by atoms with Crippen molar-refractivity contribution in [3.05, 3.63) is 0 Å². The molecule has 6 atom stereocenters. The van der Waals surface area contributed by atoms with Crippen LogP contribution in [0.15, 0.2) is 0 Å². The van der Waals surface area contributed by atoms with Gasteiger partial charge in [-0.1, -0.05) is 6.92 Å². The van der Waals surface area contributed by atoms with E-state index in [1.807, 2.05) is 0 Å². The Morgan fingerprint density at radius 1 is 0.833 bits per heavy atom. The van der Waals surface area contributed by atoms with E-state index in [1.165, 1.54) is 6.92 Å². The number of halogens is 1. The molecular formula is C7H13FO4. The molecule has 4 nitrogen and oxygen atoms in total. The summed E-state index contributed by atoms with van der Waals surface area (Å²) < 4.78 is 12.8. The second kappa shape index (κ2) is 3.26. The van der Waals surface area contributed by atoms with Crippen LogP contribution in [0.25, 0.3) is 0 Å². The third-order valence-corrected chi connectivity index (χ3v) is 2.43. The van der Waals surface area contributed by atoms with Crippen molar-refractivity contribution in [2.75, 3.05) is 0 Å². The monoisotopic (exact) mass is 179 g/mol. The van der Waals surface area contributed by atoms with E-state index in [0.717, 1.165) is 0 Å². The first-order valence-corrected chi connectivity index (χ1v) is 3.83. The SMILES string of the molecule is C[C@@H]1C(O)C(O)[C@@H]([18F])[C@H](O)C1O. The lowest BCUT2D eigenvalue weighted by atomic mass is 9.80. The summed E-state index contributed by atoms with van der Waals surface area (Å²) >= 11 is 0. The van der Waals surface area contributed by atoms with Gasteiger partial charge in [0.2, 0.25) is 0 Å². The fraction of sp³-hybridized carbons (Fsp3) is 1.00. The maximum atomic E-state index is 12.8. The van der Waals surface area contributed by atoms with E-state index in [2.05, 4.69) is 0 Å². The molecule has 12 heavy (non-hydrogen) atoms. The molecule has 0 radical (unpaired) electrons. The van der Waals surface area contributed by atoms with Crippen molar-refractivity contribution in [2.45, 2.75) is 37.5 Å². The van der Waals surface area contributed by atoms with Crippen LogP contribution in [0.5, 0.6) is 0 Å². The minimum absolute atomic E-state index is 0.720. The zero-order valence-electron chi connectivity index (χ0n) is 6.63. The first kappa shape index (κ1) is 9.85. The number of rotatable bonds is 0. The molecule has 0 bridgehead atoms. The fourth-order valence-corrected chi connectivity index (χ4v) is 1.40. The number of aliphatic hydroxyl groups excluding tert-OH is 4. The van der Waals surface area contributed by atoms with Gasteiger partial charge in [-0.25, -0.2) is 4.39 Å². The molecule has 1 saturated carbocycles. The Labute approximate surface area is 69.3 Å². The van der Waals surface area contributed by atoms with Gasteiger partial charge in [-0.15, -0.1) is 0 Å². The topological polar surface area (TPSA) is 80.9 Å². The van der Waals surface area contributed by atoms with Gasteiger partial charge in [0.25, 0.3) is 0 Å². The molecule has 4 N–H and O–H groups in total. The Hall–Kier alpha value is -0.230. The van der Waals surface area contributed by atoms with E-state index in [-0.39, 0.29) is 0 Å². The maximum Gasteiger partial charge on any atom is 0.157 e. The van der Waals surface area contributed by atoms with Crippen LogP contribution < -0.4 is 0 Å². The largest absolute Gasteiger partial charge is 0.390 e. The highest BCUT2D eigenvalue weighted by Crippen LogP contribution is 2.27. The molecular weight excluding hydrogens is 166 g/mol.